The van der Waals surface area contributed by atoms with E-state index in [0.717, 1.165) is 22.4 Å². The lowest BCUT2D eigenvalue weighted by molar-refractivity contribution is -0.123. The monoisotopic (exact) mass is 325 g/mol. The van der Waals surface area contributed by atoms with Crippen molar-refractivity contribution >= 4 is 5.91 Å². The van der Waals surface area contributed by atoms with Gasteiger partial charge in [-0.25, -0.2) is 0 Å². The smallest absolute Gasteiger partial charge is 0.258 e. The van der Waals surface area contributed by atoms with Crippen LogP contribution in [0.2, 0.25) is 0 Å². The maximum Gasteiger partial charge on any atom is 0.258 e. The molecule has 0 saturated heterocycles. The van der Waals surface area contributed by atoms with Crippen molar-refractivity contribution in [2.24, 2.45) is 0 Å². The van der Waals surface area contributed by atoms with Crippen LogP contribution in [-0.2, 0) is 4.79 Å². The molecule has 0 heterocycles. The van der Waals surface area contributed by atoms with E-state index in [9.17, 15) is 4.79 Å². The highest BCUT2D eigenvalue weighted by Crippen LogP contribution is 2.23. The molecular weight excluding hydrogens is 298 g/mol. The number of amides is 1. The molecule has 3 nitrogen and oxygen atoms in total. The second kappa shape index (κ2) is 7.52. The van der Waals surface area contributed by atoms with Crippen molar-refractivity contribution in [3.63, 3.8) is 0 Å². The summed E-state index contributed by atoms with van der Waals surface area (Å²) in [5, 5.41) is 3.02. The van der Waals surface area contributed by atoms with E-state index in [0.29, 0.717) is 0 Å². The molecule has 1 atom stereocenters. The third-order valence-corrected chi connectivity index (χ3v) is 4.40. The van der Waals surface area contributed by atoms with Gasteiger partial charge in [-0.15, -0.1) is 0 Å². The topological polar surface area (TPSA) is 38.3 Å². The van der Waals surface area contributed by atoms with Crippen LogP contribution in [-0.4, -0.2) is 12.5 Å². The Hall–Kier alpha value is -2.29. The quantitative estimate of drug-likeness (QED) is 0.880. The summed E-state index contributed by atoms with van der Waals surface area (Å²) in [6.07, 6.45) is 0. The van der Waals surface area contributed by atoms with Crippen LogP contribution in [0.5, 0.6) is 5.75 Å². The molecular formula is C21H27NO2. The van der Waals surface area contributed by atoms with Gasteiger partial charge in [0.15, 0.2) is 6.61 Å². The van der Waals surface area contributed by atoms with Gasteiger partial charge >= 0.3 is 0 Å². The summed E-state index contributed by atoms with van der Waals surface area (Å²) in [6.45, 7) is 12.2. The van der Waals surface area contributed by atoms with E-state index in [1.54, 1.807) is 0 Å². The SMILES string of the molecule is Cc1cc(C)c(C)c(OCC(=O)N[C@H](C)c2cc(C)ccc2C)c1. The maximum atomic E-state index is 12.2. The third-order valence-electron chi connectivity index (χ3n) is 4.40. The Morgan fingerprint density at radius 3 is 2.42 bits per heavy atom. The van der Waals surface area contributed by atoms with Crippen LogP contribution in [0.15, 0.2) is 30.3 Å². The van der Waals surface area contributed by atoms with Crippen molar-refractivity contribution in [2.45, 2.75) is 47.6 Å². The number of ether oxygens (including phenoxy) is 1. The van der Waals surface area contributed by atoms with Gasteiger partial charge in [0, 0.05) is 0 Å². The summed E-state index contributed by atoms with van der Waals surface area (Å²) in [7, 11) is 0. The predicted molar refractivity (Wildman–Crippen MR) is 98.6 cm³/mol. The van der Waals surface area contributed by atoms with Gasteiger partial charge in [0.05, 0.1) is 6.04 Å². The van der Waals surface area contributed by atoms with Crippen LogP contribution in [0.1, 0.15) is 46.3 Å². The zero-order valence-corrected chi connectivity index (χ0v) is 15.5. The van der Waals surface area contributed by atoms with Gasteiger partial charge in [-0.2, -0.15) is 0 Å². The molecule has 0 spiro atoms. The number of hydrogen-bond donors (Lipinski definition) is 1. The zero-order valence-electron chi connectivity index (χ0n) is 15.5. The molecule has 3 heteroatoms. The average molecular weight is 325 g/mol. The lowest BCUT2D eigenvalue weighted by Gasteiger charge is -2.18. The van der Waals surface area contributed by atoms with E-state index in [2.05, 4.69) is 50.4 Å². The van der Waals surface area contributed by atoms with Gasteiger partial charge in [0.2, 0.25) is 0 Å². The number of carbonyl (C=O) groups is 1. The van der Waals surface area contributed by atoms with Crippen molar-refractivity contribution in [3.05, 3.63) is 63.7 Å². The van der Waals surface area contributed by atoms with E-state index >= 15 is 0 Å². The molecule has 0 aliphatic rings. The molecule has 0 bridgehead atoms. The van der Waals surface area contributed by atoms with Gasteiger partial charge in [-0.1, -0.05) is 29.8 Å². The first-order chi connectivity index (χ1) is 11.3. The highest BCUT2D eigenvalue weighted by atomic mass is 16.5. The van der Waals surface area contributed by atoms with Crippen molar-refractivity contribution in [2.75, 3.05) is 6.61 Å². The molecule has 0 aliphatic carbocycles. The van der Waals surface area contributed by atoms with Gasteiger partial charge < -0.3 is 10.1 Å². The summed E-state index contributed by atoms with van der Waals surface area (Å²) in [5.74, 6) is 0.670. The maximum absolute atomic E-state index is 12.2. The Morgan fingerprint density at radius 1 is 1.00 bits per heavy atom. The molecule has 0 radical (unpaired) electrons. The molecule has 2 aromatic rings. The number of nitrogens with one attached hydrogen (secondary N) is 1. The van der Waals surface area contributed by atoms with Crippen molar-refractivity contribution in [1.82, 2.24) is 5.32 Å². The Labute approximate surface area is 145 Å². The number of benzene rings is 2. The molecule has 0 aliphatic heterocycles. The Kier molecular flexibility index (Phi) is 5.66. The highest BCUT2D eigenvalue weighted by molar-refractivity contribution is 5.78. The minimum atomic E-state index is -0.109. The molecule has 0 saturated carbocycles. The van der Waals surface area contributed by atoms with Crippen LogP contribution in [0.4, 0.5) is 0 Å². The Morgan fingerprint density at radius 2 is 1.71 bits per heavy atom. The number of carbonyl (C=O) groups excluding carboxylic acids is 1. The molecule has 0 fully saturated rings. The standard InChI is InChI=1S/C21H27NO2/c1-13-7-8-15(3)19(10-13)18(6)22-21(23)12-24-20-11-14(2)9-16(4)17(20)5/h7-11,18H,12H2,1-6H3,(H,22,23)/t18-/m1/s1. The lowest BCUT2D eigenvalue weighted by Crippen LogP contribution is -2.31. The van der Waals surface area contributed by atoms with E-state index in [-0.39, 0.29) is 18.6 Å². The Balaban J connectivity index is 2.00. The largest absolute Gasteiger partial charge is 0.483 e. The molecule has 2 aromatic carbocycles. The predicted octanol–water partition coefficient (Wildman–Crippen LogP) is 4.48. The molecule has 1 N–H and O–H groups in total. The van der Waals surface area contributed by atoms with Crippen LogP contribution < -0.4 is 10.1 Å². The minimum absolute atomic E-state index is 0.0267. The van der Waals surface area contributed by atoms with Gasteiger partial charge in [-0.3, -0.25) is 4.79 Å². The molecule has 2 rings (SSSR count). The van der Waals surface area contributed by atoms with Crippen LogP contribution in [0, 0.1) is 34.6 Å². The molecule has 0 unspecified atom stereocenters. The fraction of sp³-hybridized carbons (Fsp3) is 0.381. The van der Waals surface area contributed by atoms with E-state index < -0.39 is 0 Å². The first-order valence-electron chi connectivity index (χ1n) is 8.35. The van der Waals surface area contributed by atoms with Crippen molar-refractivity contribution in [1.29, 1.82) is 0 Å². The fourth-order valence-corrected chi connectivity index (χ4v) is 2.88. The van der Waals surface area contributed by atoms with Crippen LogP contribution >= 0.6 is 0 Å². The molecule has 24 heavy (non-hydrogen) atoms. The number of aryl methyl sites for hydroxylation is 4. The first kappa shape index (κ1) is 18.1. The summed E-state index contributed by atoms with van der Waals surface area (Å²) in [6, 6.07) is 10.3. The molecule has 0 aromatic heterocycles. The summed E-state index contributed by atoms with van der Waals surface area (Å²) < 4.78 is 5.74. The van der Waals surface area contributed by atoms with Crippen molar-refractivity contribution in [3.8, 4) is 5.75 Å². The van der Waals surface area contributed by atoms with E-state index in [4.69, 9.17) is 4.74 Å². The number of hydrogen-bond acceptors (Lipinski definition) is 2. The van der Waals surface area contributed by atoms with Gasteiger partial charge in [-0.05, 0) is 75.4 Å². The fourth-order valence-electron chi connectivity index (χ4n) is 2.88. The highest BCUT2D eigenvalue weighted by Gasteiger charge is 2.13. The normalized spacial score (nSPS) is 11.9. The van der Waals surface area contributed by atoms with Gasteiger partial charge in [0.25, 0.3) is 5.91 Å². The average Bonchev–Trinajstić information content (AvgIpc) is 2.51. The summed E-state index contributed by atoms with van der Waals surface area (Å²) >= 11 is 0. The van der Waals surface area contributed by atoms with Crippen molar-refractivity contribution < 1.29 is 9.53 Å². The third kappa shape index (κ3) is 4.38. The number of rotatable bonds is 5. The lowest BCUT2D eigenvalue weighted by atomic mass is 10.00. The second-order valence-electron chi connectivity index (χ2n) is 6.64. The summed E-state index contributed by atoms with van der Waals surface area (Å²) in [4.78, 5) is 12.2. The van der Waals surface area contributed by atoms with Gasteiger partial charge in [0.1, 0.15) is 5.75 Å². The first-order valence-corrected chi connectivity index (χ1v) is 8.35. The molecule has 128 valence electrons. The van der Waals surface area contributed by atoms with E-state index in [1.165, 1.54) is 16.7 Å². The Bertz CT molecular complexity index is 750. The minimum Gasteiger partial charge on any atom is -0.483 e. The zero-order chi connectivity index (χ0) is 17.9. The van der Waals surface area contributed by atoms with E-state index in [1.807, 2.05) is 26.8 Å². The summed E-state index contributed by atoms with van der Waals surface area (Å²) in [5.41, 5.74) is 6.91. The van der Waals surface area contributed by atoms with Crippen LogP contribution in [0.3, 0.4) is 0 Å². The van der Waals surface area contributed by atoms with Crippen LogP contribution in [0.25, 0.3) is 0 Å². The molecule has 1 amide bonds. The second-order valence-corrected chi connectivity index (χ2v) is 6.64.